The third kappa shape index (κ3) is 6.39. The average molecular weight is 273 g/mol. The van der Waals surface area contributed by atoms with E-state index in [2.05, 4.69) is 0 Å². The number of aliphatic carboxylic acids is 1. The molecule has 0 spiro atoms. The van der Waals surface area contributed by atoms with Crippen LogP contribution in [0.3, 0.4) is 0 Å². The van der Waals surface area contributed by atoms with Gasteiger partial charge < -0.3 is 19.5 Å². The normalized spacial score (nSPS) is 12.7. The summed E-state index contributed by atoms with van der Waals surface area (Å²) in [5.74, 6) is -0.985. The van der Waals surface area contributed by atoms with Gasteiger partial charge in [-0.2, -0.15) is 0 Å². The van der Waals surface area contributed by atoms with E-state index in [9.17, 15) is 9.90 Å². The molecule has 0 fully saturated rings. The van der Waals surface area contributed by atoms with E-state index in [1.807, 2.05) is 14.1 Å². The van der Waals surface area contributed by atoms with Gasteiger partial charge in [0.1, 0.15) is 11.5 Å². The molecule has 1 N–H and O–H groups in total. The first-order chi connectivity index (χ1) is 8.75. The lowest BCUT2D eigenvalue weighted by Crippen LogP contribution is -2.64. The molecular weight excluding hydrogens is 242 g/mol. The molecule has 0 rings (SSSR count). The predicted octanol–water partition coefficient (Wildman–Crippen LogP) is 1.31. The van der Waals surface area contributed by atoms with Crippen LogP contribution in [0.5, 0.6) is 0 Å². The zero-order chi connectivity index (χ0) is 14.9. The molecule has 0 saturated heterocycles. The molecule has 0 aromatic rings. The third-order valence-electron chi connectivity index (χ3n) is 4.39. The summed E-state index contributed by atoms with van der Waals surface area (Å²) < 4.78 is 0.458. The standard InChI is InChI=1S/C15H31NO3/c1-15(2,14(18)19)16(3,4)12-10-8-6-5-7-9-11-13-17/h17H,5-13H2,1-4H3. The molecule has 0 radical (unpaired) electrons. The van der Waals surface area contributed by atoms with Crippen molar-refractivity contribution in [2.75, 3.05) is 27.2 Å². The Labute approximate surface area is 118 Å². The Bertz CT molecular complexity index is 262. The Morgan fingerprint density at radius 1 is 1.00 bits per heavy atom. The lowest BCUT2D eigenvalue weighted by atomic mass is 9.99. The zero-order valence-electron chi connectivity index (χ0n) is 13.1. The molecule has 0 unspecified atom stereocenters. The smallest absolute Gasteiger partial charge is 0.133 e. The molecule has 0 saturated carbocycles. The molecule has 114 valence electrons. The molecular formula is C15H31NO3. The van der Waals surface area contributed by atoms with Gasteiger partial charge in [-0.05, 0) is 33.1 Å². The minimum atomic E-state index is -0.985. The van der Waals surface area contributed by atoms with Crippen molar-refractivity contribution in [3.8, 4) is 0 Å². The highest BCUT2D eigenvalue weighted by molar-refractivity contribution is 5.73. The molecule has 4 nitrogen and oxygen atoms in total. The summed E-state index contributed by atoms with van der Waals surface area (Å²) >= 11 is 0. The minimum Gasteiger partial charge on any atom is -0.544 e. The van der Waals surface area contributed by atoms with Gasteiger partial charge in [0.15, 0.2) is 0 Å². The number of carboxylic acid groups (broad SMARTS) is 1. The molecule has 0 aromatic carbocycles. The van der Waals surface area contributed by atoms with Crippen LogP contribution in [0.15, 0.2) is 0 Å². The van der Waals surface area contributed by atoms with Crippen LogP contribution in [0, 0.1) is 0 Å². The number of quaternary nitrogens is 1. The number of carbonyl (C=O) groups is 1. The summed E-state index contributed by atoms with van der Waals surface area (Å²) in [6, 6.07) is 0. The highest BCUT2D eigenvalue weighted by Gasteiger charge is 2.37. The number of likely N-dealkylation sites (N-methyl/N-ethyl adjacent to an activating group) is 1. The maximum absolute atomic E-state index is 11.2. The van der Waals surface area contributed by atoms with Gasteiger partial charge in [0.05, 0.1) is 20.6 Å². The van der Waals surface area contributed by atoms with Crippen molar-refractivity contribution in [2.45, 2.75) is 64.3 Å². The van der Waals surface area contributed by atoms with Crippen molar-refractivity contribution in [1.82, 2.24) is 0 Å². The van der Waals surface area contributed by atoms with Crippen molar-refractivity contribution in [3.63, 3.8) is 0 Å². The van der Waals surface area contributed by atoms with E-state index in [0.717, 1.165) is 32.2 Å². The van der Waals surface area contributed by atoms with Crippen molar-refractivity contribution >= 4 is 5.97 Å². The van der Waals surface area contributed by atoms with Crippen LogP contribution in [0.25, 0.3) is 0 Å². The number of nitrogens with zero attached hydrogens (tertiary/aromatic N) is 1. The fraction of sp³-hybridized carbons (Fsp3) is 0.933. The molecule has 0 heterocycles. The molecule has 0 aliphatic carbocycles. The Morgan fingerprint density at radius 2 is 1.42 bits per heavy atom. The van der Waals surface area contributed by atoms with Crippen LogP contribution in [0.2, 0.25) is 0 Å². The first-order valence-corrected chi connectivity index (χ1v) is 7.41. The van der Waals surface area contributed by atoms with E-state index in [0.29, 0.717) is 11.1 Å². The van der Waals surface area contributed by atoms with Crippen LogP contribution in [-0.4, -0.2) is 48.3 Å². The molecule has 0 aliphatic rings. The summed E-state index contributed by atoms with van der Waals surface area (Å²) in [6.07, 6.45) is 7.78. The maximum Gasteiger partial charge on any atom is 0.133 e. The Morgan fingerprint density at radius 3 is 1.84 bits per heavy atom. The van der Waals surface area contributed by atoms with E-state index in [4.69, 9.17) is 5.11 Å². The number of rotatable bonds is 11. The summed E-state index contributed by atoms with van der Waals surface area (Å²) in [6.45, 7) is 4.62. The van der Waals surface area contributed by atoms with E-state index >= 15 is 0 Å². The monoisotopic (exact) mass is 273 g/mol. The van der Waals surface area contributed by atoms with Gasteiger partial charge in [-0.3, -0.25) is 0 Å². The second kappa shape index (κ2) is 8.54. The van der Waals surface area contributed by atoms with E-state index in [1.165, 1.54) is 19.3 Å². The predicted molar refractivity (Wildman–Crippen MR) is 75.5 cm³/mol. The van der Waals surface area contributed by atoms with Crippen LogP contribution in [0.1, 0.15) is 58.8 Å². The van der Waals surface area contributed by atoms with Crippen LogP contribution in [-0.2, 0) is 4.79 Å². The van der Waals surface area contributed by atoms with E-state index in [-0.39, 0.29) is 0 Å². The SMILES string of the molecule is CC(C)(C(=O)[O-])[N+](C)(C)CCCCCCCCCO. The summed E-state index contributed by atoms with van der Waals surface area (Å²) in [7, 11) is 3.91. The molecule has 0 aliphatic heterocycles. The Kier molecular flexibility index (Phi) is 8.26. The lowest BCUT2D eigenvalue weighted by Gasteiger charge is -2.45. The van der Waals surface area contributed by atoms with Crippen LogP contribution >= 0.6 is 0 Å². The van der Waals surface area contributed by atoms with Gasteiger partial charge in [-0.25, -0.2) is 0 Å². The number of aliphatic hydroxyl groups excluding tert-OH is 1. The molecule has 19 heavy (non-hydrogen) atoms. The Hall–Kier alpha value is -0.610. The summed E-state index contributed by atoms with van der Waals surface area (Å²) in [5.41, 5.74) is -0.846. The van der Waals surface area contributed by atoms with E-state index in [1.54, 1.807) is 13.8 Å². The number of aliphatic hydroxyl groups is 1. The van der Waals surface area contributed by atoms with Gasteiger partial charge in [-0.15, -0.1) is 0 Å². The first-order valence-electron chi connectivity index (χ1n) is 7.41. The van der Waals surface area contributed by atoms with Gasteiger partial charge >= 0.3 is 0 Å². The number of hydrogen-bond donors (Lipinski definition) is 1. The molecule has 0 bridgehead atoms. The van der Waals surface area contributed by atoms with Crippen molar-refractivity contribution in [3.05, 3.63) is 0 Å². The van der Waals surface area contributed by atoms with Crippen LogP contribution in [0.4, 0.5) is 0 Å². The fourth-order valence-electron chi connectivity index (χ4n) is 2.03. The number of carbonyl (C=O) groups excluding carboxylic acids is 1. The fourth-order valence-corrected chi connectivity index (χ4v) is 2.03. The largest absolute Gasteiger partial charge is 0.544 e. The number of carboxylic acids is 1. The maximum atomic E-state index is 11.2. The topological polar surface area (TPSA) is 60.4 Å². The molecule has 0 amide bonds. The quantitative estimate of drug-likeness (QED) is 0.456. The second-order valence-electron chi connectivity index (χ2n) is 6.45. The van der Waals surface area contributed by atoms with Crippen molar-refractivity contribution < 1.29 is 19.5 Å². The third-order valence-corrected chi connectivity index (χ3v) is 4.39. The minimum absolute atomic E-state index is 0.296. The second-order valence-corrected chi connectivity index (χ2v) is 6.45. The number of hydrogen-bond acceptors (Lipinski definition) is 3. The van der Waals surface area contributed by atoms with Gasteiger partial charge in [0.2, 0.25) is 0 Å². The van der Waals surface area contributed by atoms with Gasteiger partial charge in [0.25, 0.3) is 0 Å². The lowest BCUT2D eigenvalue weighted by molar-refractivity contribution is -0.930. The van der Waals surface area contributed by atoms with Gasteiger partial charge in [-0.1, -0.05) is 25.7 Å². The number of unbranched alkanes of at least 4 members (excludes halogenated alkanes) is 6. The van der Waals surface area contributed by atoms with E-state index < -0.39 is 11.5 Å². The first kappa shape index (κ1) is 18.4. The van der Waals surface area contributed by atoms with Crippen molar-refractivity contribution in [1.29, 1.82) is 0 Å². The zero-order valence-corrected chi connectivity index (χ0v) is 13.1. The molecule has 0 atom stereocenters. The summed E-state index contributed by atoms with van der Waals surface area (Å²) in [4.78, 5) is 11.2. The Balaban J connectivity index is 3.79. The highest BCUT2D eigenvalue weighted by Crippen LogP contribution is 2.21. The highest BCUT2D eigenvalue weighted by atomic mass is 16.4. The average Bonchev–Trinajstić information content (AvgIpc) is 2.32. The van der Waals surface area contributed by atoms with Crippen LogP contribution < -0.4 is 5.11 Å². The van der Waals surface area contributed by atoms with Crippen molar-refractivity contribution in [2.24, 2.45) is 0 Å². The molecule has 0 aromatic heterocycles. The summed E-state index contributed by atoms with van der Waals surface area (Å²) in [5, 5.41) is 19.8. The van der Waals surface area contributed by atoms with Gasteiger partial charge in [0, 0.05) is 6.61 Å². The molecule has 4 heteroatoms.